The fourth-order valence-corrected chi connectivity index (χ4v) is 4.14. The zero-order chi connectivity index (χ0) is 21.1. The maximum atomic E-state index is 13.0. The number of carbonyl (C=O) groups excluding carboxylic acids is 3. The van der Waals surface area contributed by atoms with Crippen molar-refractivity contribution in [2.45, 2.75) is 59.5 Å². The Balaban J connectivity index is 1.71. The highest BCUT2D eigenvalue weighted by atomic mass is 16.6. The third kappa shape index (κ3) is 4.98. The number of cyclic esters (lactones) is 1. The molecule has 0 radical (unpaired) electrons. The summed E-state index contributed by atoms with van der Waals surface area (Å²) in [5, 5.41) is 2.81. The minimum Gasteiger partial charge on any atom is -0.442 e. The maximum absolute atomic E-state index is 13.0. The molecule has 158 valence electrons. The molecule has 2 atom stereocenters. The van der Waals surface area contributed by atoms with Crippen LogP contribution >= 0.6 is 0 Å². The molecule has 1 aliphatic carbocycles. The molecule has 2 amide bonds. The minimum absolute atomic E-state index is 0.0565. The lowest BCUT2D eigenvalue weighted by atomic mass is 9.88. The lowest BCUT2D eigenvalue weighted by Crippen LogP contribution is -2.36. The number of benzene rings is 1. The van der Waals surface area contributed by atoms with Crippen LogP contribution in [0, 0.1) is 17.8 Å². The molecule has 29 heavy (non-hydrogen) atoms. The van der Waals surface area contributed by atoms with E-state index in [2.05, 4.69) is 19.2 Å². The molecule has 0 saturated carbocycles. The number of nitrogens with one attached hydrogen (secondary N) is 1. The lowest BCUT2D eigenvalue weighted by molar-refractivity contribution is -0.124. The maximum Gasteiger partial charge on any atom is 0.414 e. The third-order valence-electron chi connectivity index (χ3n) is 5.69. The van der Waals surface area contributed by atoms with E-state index in [1.54, 1.807) is 4.90 Å². The van der Waals surface area contributed by atoms with Crippen molar-refractivity contribution >= 4 is 23.5 Å². The molecule has 1 aromatic rings. The highest BCUT2D eigenvalue weighted by Gasteiger charge is 2.34. The number of nitrogens with zero attached hydrogens (tertiary/aromatic N) is 1. The number of hydrogen-bond donors (Lipinski definition) is 1. The first kappa shape index (κ1) is 21.3. The molecule has 1 fully saturated rings. The molecule has 1 heterocycles. The van der Waals surface area contributed by atoms with Gasteiger partial charge < -0.3 is 10.1 Å². The number of fused-ring (bicyclic) bond motifs is 1. The predicted molar refractivity (Wildman–Crippen MR) is 112 cm³/mol. The molecule has 0 bridgehead atoms. The number of Topliss-reactive ketones (excluding diaryl/α,β-unsaturated/α-hetero) is 1. The van der Waals surface area contributed by atoms with E-state index < -0.39 is 6.09 Å². The highest BCUT2D eigenvalue weighted by molar-refractivity contribution is 6.00. The summed E-state index contributed by atoms with van der Waals surface area (Å²) in [5.41, 5.74) is 2.56. The molecule has 1 saturated heterocycles. The van der Waals surface area contributed by atoms with Gasteiger partial charge in [0, 0.05) is 23.1 Å². The average molecular weight is 401 g/mol. The fourth-order valence-electron chi connectivity index (χ4n) is 4.14. The van der Waals surface area contributed by atoms with E-state index in [9.17, 15) is 14.4 Å². The number of ether oxygens (including phenoxy) is 1. The van der Waals surface area contributed by atoms with Crippen LogP contribution in [0.15, 0.2) is 18.2 Å². The molecule has 0 aromatic heterocycles. The van der Waals surface area contributed by atoms with Gasteiger partial charge in [0.2, 0.25) is 5.91 Å². The Hall–Kier alpha value is -2.37. The number of hydrogen-bond acceptors (Lipinski definition) is 4. The lowest BCUT2D eigenvalue weighted by Gasteiger charge is -2.18. The number of amides is 2. The Morgan fingerprint density at radius 2 is 2.00 bits per heavy atom. The molecule has 1 unspecified atom stereocenters. The summed E-state index contributed by atoms with van der Waals surface area (Å²) < 4.78 is 5.41. The normalized spacial score (nSPS) is 21.9. The van der Waals surface area contributed by atoms with Crippen LogP contribution in [0.2, 0.25) is 0 Å². The SMILES string of the molecule is CC(C)CC1CCCc2cc(N3C[C@H](CNC(=O)C(C)C)OC3=O)ccc2C1=O. The second-order valence-corrected chi connectivity index (χ2v) is 8.94. The monoisotopic (exact) mass is 400 g/mol. The van der Waals surface area contributed by atoms with Gasteiger partial charge in [0.05, 0.1) is 13.1 Å². The smallest absolute Gasteiger partial charge is 0.414 e. The first-order valence-corrected chi connectivity index (χ1v) is 10.7. The number of carbonyl (C=O) groups is 3. The first-order chi connectivity index (χ1) is 13.8. The van der Waals surface area contributed by atoms with E-state index in [1.165, 1.54) is 0 Å². The van der Waals surface area contributed by atoms with Crippen LogP contribution in [-0.4, -0.2) is 37.0 Å². The molecule has 1 aromatic carbocycles. The van der Waals surface area contributed by atoms with Gasteiger partial charge in [-0.3, -0.25) is 14.5 Å². The van der Waals surface area contributed by atoms with E-state index in [0.29, 0.717) is 19.0 Å². The van der Waals surface area contributed by atoms with Crippen molar-refractivity contribution in [3.8, 4) is 0 Å². The van der Waals surface area contributed by atoms with Gasteiger partial charge in [0.25, 0.3) is 0 Å². The fraction of sp³-hybridized carbons (Fsp3) is 0.609. The van der Waals surface area contributed by atoms with Crippen LogP contribution in [-0.2, 0) is 16.0 Å². The Morgan fingerprint density at radius 1 is 1.24 bits per heavy atom. The molecule has 1 N–H and O–H groups in total. The second kappa shape index (κ2) is 8.97. The predicted octanol–water partition coefficient (Wildman–Crippen LogP) is 3.97. The summed E-state index contributed by atoms with van der Waals surface area (Å²) in [6, 6.07) is 5.67. The van der Waals surface area contributed by atoms with Crippen LogP contribution in [0.5, 0.6) is 0 Å². The first-order valence-electron chi connectivity index (χ1n) is 10.7. The zero-order valence-corrected chi connectivity index (χ0v) is 17.9. The average Bonchev–Trinajstić information content (AvgIpc) is 2.97. The van der Waals surface area contributed by atoms with Crippen molar-refractivity contribution in [3.63, 3.8) is 0 Å². The molecular weight excluding hydrogens is 368 g/mol. The highest BCUT2D eigenvalue weighted by Crippen LogP contribution is 2.32. The van der Waals surface area contributed by atoms with Gasteiger partial charge in [0.1, 0.15) is 6.10 Å². The van der Waals surface area contributed by atoms with Gasteiger partial charge in [0.15, 0.2) is 5.78 Å². The number of ketones is 1. The van der Waals surface area contributed by atoms with Gasteiger partial charge in [-0.1, -0.05) is 27.7 Å². The van der Waals surface area contributed by atoms with Crippen LogP contribution in [0.25, 0.3) is 0 Å². The van der Waals surface area contributed by atoms with Crippen molar-refractivity contribution in [2.24, 2.45) is 17.8 Å². The Labute approximate surface area is 173 Å². The largest absolute Gasteiger partial charge is 0.442 e. The number of rotatable bonds is 6. The molecule has 2 aliphatic rings. The number of aryl methyl sites for hydroxylation is 1. The van der Waals surface area contributed by atoms with Crippen LogP contribution in [0.1, 0.15) is 62.9 Å². The Kier molecular flexibility index (Phi) is 6.60. The summed E-state index contributed by atoms with van der Waals surface area (Å²) in [4.78, 5) is 38.7. The molecule has 6 nitrogen and oxygen atoms in total. The van der Waals surface area contributed by atoms with Gasteiger partial charge >= 0.3 is 6.09 Å². The Bertz CT molecular complexity index is 787. The van der Waals surface area contributed by atoms with Crippen LogP contribution in [0.4, 0.5) is 10.5 Å². The van der Waals surface area contributed by atoms with Crippen molar-refractivity contribution in [1.82, 2.24) is 5.32 Å². The van der Waals surface area contributed by atoms with Crippen molar-refractivity contribution in [1.29, 1.82) is 0 Å². The van der Waals surface area contributed by atoms with Crippen molar-refractivity contribution in [3.05, 3.63) is 29.3 Å². The Morgan fingerprint density at radius 3 is 2.69 bits per heavy atom. The van der Waals surface area contributed by atoms with E-state index >= 15 is 0 Å². The van der Waals surface area contributed by atoms with Gasteiger partial charge in [-0.2, -0.15) is 0 Å². The minimum atomic E-state index is -0.411. The van der Waals surface area contributed by atoms with E-state index in [-0.39, 0.29) is 29.6 Å². The van der Waals surface area contributed by atoms with Crippen LogP contribution < -0.4 is 10.2 Å². The van der Waals surface area contributed by atoms with E-state index in [0.717, 1.165) is 42.5 Å². The molecule has 0 spiro atoms. The topological polar surface area (TPSA) is 75.7 Å². The van der Waals surface area contributed by atoms with Gasteiger partial charge in [-0.05, 0) is 55.4 Å². The third-order valence-corrected chi connectivity index (χ3v) is 5.69. The molecule has 3 rings (SSSR count). The van der Waals surface area contributed by atoms with Gasteiger partial charge in [-0.15, -0.1) is 0 Å². The van der Waals surface area contributed by atoms with Crippen molar-refractivity contribution < 1.29 is 19.1 Å². The summed E-state index contributed by atoms with van der Waals surface area (Å²) in [6.07, 6.45) is 2.88. The molecular formula is C23H32N2O4. The van der Waals surface area contributed by atoms with E-state index in [4.69, 9.17) is 4.74 Å². The van der Waals surface area contributed by atoms with Crippen LogP contribution in [0.3, 0.4) is 0 Å². The van der Waals surface area contributed by atoms with Crippen molar-refractivity contribution in [2.75, 3.05) is 18.0 Å². The van der Waals surface area contributed by atoms with Gasteiger partial charge in [-0.25, -0.2) is 4.79 Å². The molecule has 1 aliphatic heterocycles. The molecule has 6 heteroatoms. The second-order valence-electron chi connectivity index (χ2n) is 8.94. The summed E-state index contributed by atoms with van der Waals surface area (Å²) in [7, 11) is 0. The summed E-state index contributed by atoms with van der Waals surface area (Å²) >= 11 is 0. The standard InChI is InChI=1S/C23H32N2O4/c1-14(2)10-17-7-5-6-16-11-18(8-9-20(16)21(17)26)25-13-19(29-23(25)28)12-24-22(27)15(3)4/h8-9,11,14-15,17,19H,5-7,10,12-13H2,1-4H3,(H,24,27)/t17?,19-/m0/s1. The summed E-state index contributed by atoms with van der Waals surface area (Å²) in [5.74, 6) is 0.657. The summed E-state index contributed by atoms with van der Waals surface area (Å²) in [6.45, 7) is 8.65. The zero-order valence-electron chi connectivity index (χ0n) is 17.9. The van der Waals surface area contributed by atoms with E-state index in [1.807, 2.05) is 32.0 Å². The quantitative estimate of drug-likeness (QED) is 0.733. The number of anilines is 1.